The highest BCUT2D eigenvalue weighted by atomic mass is 19.1. The molecule has 1 rings (SSSR count). The molecule has 5 heteroatoms. The molecule has 0 amide bonds. The van der Waals surface area contributed by atoms with Gasteiger partial charge in [0.15, 0.2) is 0 Å². The highest BCUT2D eigenvalue weighted by Gasteiger charge is 2.15. The zero-order chi connectivity index (χ0) is 16.2. The normalized spacial score (nSPS) is 12.8. The summed E-state index contributed by atoms with van der Waals surface area (Å²) in [6, 6.07) is 3.97. The number of nitrogens with one attached hydrogen (secondary N) is 1. The predicted octanol–water partition coefficient (Wildman–Crippen LogP) is 4.16. The van der Waals surface area contributed by atoms with Gasteiger partial charge in [-0.15, -0.1) is 0 Å². The van der Waals surface area contributed by atoms with Crippen LogP contribution in [0.5, 0.6) is 0 Å². The standard InChI is InChI=1S/C16H23FN2O2/c1-11(2)13(10-18-16(3,4)5)8-12-6-7-14(17)15(9-12)19(20)21/h6-9,11,18H,10H2,1-5H3/b13-8+. The number of nitro groups is 1. The maximum atomic E-state index is 13.3. The molecule has 0 aliphatic carbocycles. The summed E-state index contributed by atoms with van der Waals surface area (Å²) in [5, 5.41) is 14.2. The minimum Gasteiger partial charge on any atom is -0.308 e. The van der Waals surface area contributed by atoms with Crippen LogP contribution in [0.4, 0.5) is 10.1 Å². The van der Waals surface area contributed by atoms with Crippen molar-refractivity contribution in [3.63, 3.8) is 0 Å². The van der Waals surface area contributed by atoms with E-state index in [1.54, 1.807) is 6.07 Å². The summed E-state index contributed by atoms with van der Waals surface area (Å²) < 4.78 is 13.3. The fourth-order valence-corrected chi connectivity index (χ4v) is 1.76. The number of hydrogen-bond donors (Lipinski definition) is 1. The van der Waals surface area contributed by atoms with Gasteiger partial charge in [-0.05, 0) is 38.3 Å². The second-order valence-corrected chi connectivity index (χ2v) is 6.45. The summed E-state index contributed by atoms with van der Waals surface area (Å²) in [5.41, 5.74) is 1.26. The van der Waals surface area contributed by atoms with E-state index in [-0.39, 0.29) is 5.54 Å². The van der Waals surface area contributed by atoms with Gasteiger partial charge in [0.25, 0.3) is 0 Å². The molecular weight excluding hydrogens is 271 g/mol. The Balaban J connectivity index is 3.06. The molecule has 0 fully saturated rings. The summed E-state index contributed by atoms with van der Waals surface area (Å²) in [4.78, 5) is 10.1. The van der Waals surface area contributed by atoms with Gasteiger partial charge in [0, 0.05) is 18.2 Å². The molecular formula is C16H23FN2O2. The Morgan fingerprint density at radius 3 is 2.52 bits per heavy atom. The average molecular weight is 294 g/mol. The van der Waals surface area contributed by atoms with Gasteiger partial charge in [-0.3, -0.25) is 10.1 Å². The van der Waals surface area contributed by atoms with Crippen molar-refractivity contribution < 1.29 is 9.31 Å². The van der Waals surface area contributed by atoms with Gasteiger partial charge < -0.3 is 5.32 Å². The van der Waals surface area contributed by atoms with Gasteiger partial charge >= 0.3 is 5.69 Å². The van der Waals surface area contributed by atoms with Crippen LogP contribution < -0.4 is 5.32 Å². The lowest BCUT2D eigenvalue weighted by Gasteiger charge is -2.23. The van der Waals surface area contributed by atoms with Crippen molar-refractivity contribution >= 4 is 11.8 Å². The van der Waals surface area contributed by atoms with E-state index >= 15 is 0 Å². The Morgan fingerprint density at radius 1 is 1.43 bits per heavy atom. The maximum absolute atomic E-state index is 13.3. The molecule has 116 valence electrons. The van der Waals surface area contributed by atoms with Crippen LogP contribution in [0.25, 0.3) is 6.08 Å². The van der Waals surface area contributed by atoms with Crippen molar-refractivity contribution in [3.05, 3.63) is 45.3 Å². The smallest absolute Gasteiger partial charge is 0.305 e. The zero-order valence-electron chi connectivity index (χ0n) is 13.2. The third-order valence-corrected chi connectivity index (χ3v) is 3.08. The maximum Gasteiger partial charge on any atom is 0.305 e. The van der Waals surface area contributed by atoms with Crippen LogP contribution in [0.15, 0.2) is 23.8 Å². The molecule has 4 nitrogen and oxygen atoms in total. The second-order valence-electron chi connectivity index (χ2n) is 6.45. The Labute approximate surface area is 125 Å². The van der Waals surface area contributed by atoms with Crippen molar-refractivity contribution in [2.45, 2.75) is 40.2 Å². The molecule has 0 aromatic heterocycles. The molecule has 0 spiro atoms. The number of halogens is 1. The van der Waals surface area contributed by atoms with Crippen LogP contribution in [0.1, 0.15) is 40.2 Å². The van der Waals surface area contributed by atoms with Gasteiger partial charge in [-0.2, -0.15) is 4.39 Å². The van der Waals surface area contributed by atoms with E-state index in [0.29, 0.717) is 18.0 Å². The number of rotatable bonds is 5. The summed E-state index contributed by atoms with van der Waals surface area (Å²) in [7, 11) is 0. The lowest BCUT2D eigenvalue weighted by atomic mass is 9.98. The number of benzene rings is 1. The van der Waals surface area contributed by atoms with E-state index in [0.717, 1.165) is 11.6 Å². The largest absolute Gasteiger partial charge is 0.308 e. The Bertz CT molecular complexity index is 546. The molecule has 1 aromatic rings. The molecule has 21 heavy (non-hydrogen) atoms. The molecule has 0 aliphatic rings. The molecule has 0 radical (unpaired) electrons. The molecule has 1 N–H and O–H groups in total. The number of nitrogens with zero attached hydrogens (tertiary/aromatic N) is 1. The molecule has 1 aromatic carbocycles. The minimum atomic E-state index is -0.809. The van der Waals surface area contributed by atoms with Crippen LogP contribution in [-0.4, -0.2) is 17.0 Å². The fourth-order valence-electron chi connectivity index (χ4n) is 1.76. The molecule has 0 aliphatic heterocycles. The first-order chi connectivity index (χ1) is 9.60. The summed E-state index contributed by atoms with van der Waals surface area (Å²) in [5.74, 6) is -0.514. The van der Waals surface area contributed by atoms with Crippen molar-refractivity contribution in [2.75, 3.05) is 6.54 Å². The van der Waals surface area contributed by atoms with Crippen LogP contribution in [-0.2, 0) is 0 Å². The third-order valence-electron chi connectivity index (χ3n) is 3.08. The molecule has 0 unspecified atom stereocenters. The van der Waals surface area contributed by atoms with Crippen molar-refractivity contribution in [3.8, 4) is 0 Å². The van der Waals surface area contributed by atoms with Crippen molar-refractivity contribution in [1.29, 1.82) is 0 Å². The van der Waals surface area contributed by atoms with Crippen LogP contribution in [0.3, 0.4) is 0 Å². The van der Waals surface area contributed by atoms with E-state index in [1.165, 1.54) is 6.07 Å². The van der Waals surface area contributed by atoms with Gasteiger partial charge in [0.2, 0.25) is 5.82 Å². The van der Waals surface area contributed by atoms with Crippen LogP contribution >= 0.6 is 0 Å². The van der Waals surface area contributed by atoms with Crippen LogP contribution in [0, 0.1) is 21.8 Å². The highest BCUT2D eigenvalue weighted by Crippen LogP contribution is 2.22. The second kappa shape index (κ2) is 6.80. The summed E-state index contributed by atoms with van der Waals surface area (Å²) in [6.45, 7) is 11.0. The molecule has 0 bridgehead atoms. The van der Waals surface area contributed by atoms with Gasteiger partial charge in [0.1, 0.15) is 0 Å². The Hall–Kier alpha value is -1.75. The van der Waals surface area contributed by atoms with Gasteiger partial charge in [-0.25, -0.2) is 0 Å². The van der Waals surface area contributed by atoms with E-state index in [9.17, 15) is 14.5 Å². The quantitative estimate of drug-likeness (QED) is 0.655. The number of nitro benzene ring substituents is 1. The van der Waals surface area contributed by atoms with Crippen LogP contribution in [0.2, 0.25) is 0 Å². The van der Waals surface area contributed by atoms with Crippen molar-refractivity contribution in [1.82, 2.24) is 5.32 Å². The topological polar surface area (TPSA) is 55.2 Å². The lowest BCUT2D eigenvalue weighted by Crippen LogP contribution is -2.37. The highest BCUT2D eigenvalue weighted by molar-refractivity contribution is 5.57. The summed E-state index contributed by atoms with van der Waals surface area (Å²) >= 11 is 0. The minimum absolute atomic E-state index is 0.0111. The molecule has 0 saturated heterocycles. The Morgan fingerprint density at radius 2 is 2.05 bits per heavy atom. The zero-order valence-corrected chi connectivity index (χ0v) is 13.2. The van der Waals surface area contributed by atoms with Gasteiger partial charge in [0.05, 0.1) is 4.92 Å². The SMILES string of the molecule is CC(C)/C(=C/c1ccc(F)c([N+](=O)[O-])c1)CNC(C)(C)C. The monoisotopic (exact) mass is 294 g/mol. The third kappa shape index (κ3) is 5.63. The van der Waals surface area contributed by atoms with Crippen molar-refractivity contribution in [2.24, 2.45) is 5.92 Å². The number of hydrogen-bond acceptors (Lipinski definition) is 3. The molecule has 0 heterocycles. The summed E-state index contributed by atoms with van der Waals surface area (Å²) in [6.07, 6.45) is 1.88. The lowest BCUT2D eigenvalue weighted by molar-refractivity contribution is -0.387. The van der Waals surface area contributed by atoms with E-state index in [1.807, 2.05) is 6.08 Å². The molecule has 0 saturated carbocycles. The average Bonchev–Trinajstić information content (AvgIpc) is 2.34. The van der Waals surface area contributed by atoms with E-state index in [4.69, 9.17) is 0 Å². The fraction of sp³-hybridized carbons (Fsp3) is 0.500. The first-order valence-corrected chi connectivity index (χ1v) is 6.99. The first-order valence-electron chi connectivity index (χ1n) is 6.99. The first kappa shape index (κ1) is 17.3. The van der Waals surface area contributed by atoms with E-state index < -0.39 is 16.4 Å². The Kier molecular flexibility index (Phi) is 5.61. The van der Waals surface area contributed by atoms with E-state index in [2.05, 4.69) is 39.9 Å². The van der Waals surface area contributed by atoms with Gasteiger partial charge in [-0.1, -0.05) is 31.6 Å². The predicted molar refractivity (Wildman–Crippen MR) is 83.6 cm³/mol. The molecule has 0 atom stereocenters.